The topological polar surface area (TPSA) is 94.0 Å². The molecule has 0 unspecified atom stereocenters. The van der Waals surface area contributed by atoms with Crippen LogP contribution < -0.4 is 5.73 Å². The first-order chi connectivity index (χ1) is 10.7. The number of hydrogen-bond acceptors (Lipinski definition) is 5. The van der Waals surface area contributed by atoms with Gasteiger partial charge >= 0.3 is 5.97 Å². The van der Waals surface area contributed by atoms with E-state index in [1.165, 1.54) is 4.88 Å². The van der Waals surface area contributed by atoms with Crippen molar-refractivity contribution in [1.82, 2.24) is 15.0 Å². The Kier molecular flexibility index (Phi) is 3.99. The molecule has 1 aromatic carbocycles. The molecule has 0 aliphatic carbocycles. The minimum Gasteiger partial charge on any atom is -0.478 e. The molecular weight excluding hydrogens is 300 g/mol. The highest BCUT2D eigenvalue weighted by molar-refractivity contribution is 7.09. The van der Waals surface area contributed by atoms with Crippen LogP contribution in [0.4, 0.5) is 0 Å². The molecule has 0 saturated carbocycles. The van der Waals surface area contributed by atoms with E-state index in [1.54, 1.807) is 40.3 Å². The highest BCUT2D eigenvalue weighted by Crippen LogP contribution is 2.20. The molecule has 0 fully saturated rings. The van der Waals surface area contributed by atoms with Gasteiger partial charge in [0.05, 0.1) is 16.9 Å². The van der Waals surface area contributed by atoms with Gasteiger partial charge in [-0.2, -0.15) is 0 Å². The van der Waals surface area contributed by atoms with Gasteiger partial charge in [0.1, 0.15) is 5.69 Å². The van der Waals surface area contributed by atoms with Crippen LogP contribution in [0.3, 0.4) is 0 Å². The molecule has 22 heavy (non-hydrogen) atoms. The summed E-state index contributed by atoms with van der Waals surface area (Å²) < 4.78 is 1.72. The molecule has 0 spiro atoms. The Morgan fingerprint density at radius 1 is 1.27 bits per heavy atom. The molecule has 3 N–H and O–H groups in total. The summed E-state index contributed by atoms with van der Waals surface area (Å²) in [6, 6.07) is 10.6. The van der Waals surface area contributed by atoms with Crippen molar-refractivity contribution in [2.24, 2.45) is 5.73 Å². The quantitative estimate of drug-likeness (QED) is 0.752. The number of aromatic carboxylic acids is 1. The molecule has 0 radical (unpaired) electrons. The summed E-state index contributed by atoms with van der Waals surface area (Å²) in [6.45, 7) is 0.313. The van der Waals surface area contributed by atoms with E-state index in [0.29, 0.717) is 13.0 Å². The summed E-state index contributed by atoms with van der Waals surface area (Å²) in [4.78, 5) is 12.1. The number of carboxylic acids is 1. The number of nitrogens with zero attached hydrogens (tertiary/aromatic N) is 3. The third-order valence-corrected chi connectivity index (χ3v) is 4.19. The lowest BCUT2D eigenvalue weighted by Gasteiger charge is -2.07. The molecule has 0 atom stereocenters. The van der Waals surface area contributed by atoms with Crippen LogP contribution in [0.2, 0.25) is 0 Å². The third kappa shape index (κ3) is 2.76. The molecule has 112 valence electrons. The standard InChI is InChI=1S/C15H14N4O2S/c16-9-13-14(8-12-2-1-7-22-12)19(18-17-13)11-5-3-10(4-6-11)15(20)21/h1-7H,8-9,16H2,(H,20,21). The molecule has 3 aromatic rings. The van der Waals surface area contributed by atoms with Gasteiger partial charge in [0.15, 0.2) is 0 Å². The van der Waals surface area contributed by atoms with Crippen LogP contribution >= 0.6 is 11.3 Å². The van der Waals surface area contributed by atoms with Crippen LogP contribution in [0.5, 0.6) is 0 Å². The van der Waals surface area contributed by atoms with E-state index in [2.05, 4.69) is 16.4 Å². The highest BCUT2D eigenvalue weighted by atomic mass is 32.1. The van der Waals surface area contributed by atoms with E-state index < -0.39 is 5.97 Å². The minimum atomic E-state index is -0.952. The number of benzene rings is 1. The summed E-state index contributed by atoms with van der Waals surface area (Å²) in [5.74, 6) is -0.952. The fourth-order valence-electron chi connectivity index (χ4n) is 2.20. The summed E-state index contributed by atoms with van der Waals surface area (Å²) in [5.41, 5.74) is 8.42. The zero-order chi connectivity index (χ0) is 15.5. The lowest BCUT2D eigenvalue weighted by molar-refractivity contribution is 0.0697. The van der Waals surface area contributed by atoms with Gasteiger partial charge in [-0.25, -0.2) is 9.48 Å². The monoisotopic (exact) mass is 314 g/mol. The van der Waals surface area contributed by atoms with Gasteiger partial charge in [-0.3, -0.25) is 0 Å². The molecule has 2 heterocycles. The fraction of sp³-hybridized carbons (Fsp3) is 0.133. The maximum atomic E-state index is 10.9. The first-order valence-electron chi connectivity index (χ1n) is 6.68. The molecule has 0 aliphatic heterocycles. The smallest absolute Gasteiger partial charge is 0.335 e. The minimum absolute atomic E-state index is 0.239. The Bertz CT molecular complexity index is 778. The number of carboxylic acid groups (broad SMARTS) is 1. The van der Waals surface area contributed by atoms with E-state index >= 15 is 0 Å². The first kappa shape index (κ1) is 14.4. The maximum absolute atomic E-state index is 10.9. The van der Waals surface area contributed by atoms with Crippen LogP contribution in [0, 0.1) is 0 Å². The number of nitrogens with two attached hydrogens (primary N) is 1. The van der Waals surface area contributed by atoms with Crippen LogP contribution in [-0.4, -0.2) is 26.1 Å². The average molecular weight is 314 g/mol. The molecule has 0 aliphatic rings. The second kappa shape index (κ2) is 6.08. The van der Waals surface area contributed by atoms with Crippen molar-refractivity contribution in [2.45, 2.75) is 13.0 Å². The van der Waals surface area contributed by atoms with Crippen LogP contribution in [0.25, 0.3) is 5.69 Å². The molecule has 3 rings (SSSR count). The Hall–Kier alpha value is -2.51. The van der Waals surface area contributed by atoms with Crippen molar-refractivity contribution < 1.29 is 9.90 Å². The number of rotatable bonds is 5. The number of carbonyl (C=O) groups is 1. The molecule has 2 aromatic heterocycles. The summed E-state index contributed by atoms with van der Waals surface area (Å²) >= 11 is 1.66. The van der Waals surface area contributed by atoms with Gasteiger partial charge in [-0.15, -0.1) is 16.4 Å². The molecule has 6 nitrogen and oxygen atoms in total. The summed E-state index contributed by atoms with van der Waals surface area (Å²) in [6.07, 6.45) is 0.692. The van der Waals surface area contributed by atoms with Crippen LogP contribution in [-0.2, 0) is 13.0 Å². The summed E-state index contributed by atoms with van der Waals surface area (Å²) in [5, 5.41) is 19.3. The van der Waals surface area contributed by atoms with Gasteiger partial charge < -0.3 is 10.8 Å². The first-order valence-corrected chi connectivity index (χ1v) is 7.56. The van der Waals surface area contributed by atoms with Gasteiger partial charge in [0.2, 0.25) is 0 Å². The molecule has 0 amide bonds. The Labute approximate surface area is 130 Å². The normalized spacial score (nSPS) is 10.8. The van der Waals surface area contributed by atoms with Crippen molar-refractivity contribution in [2.75, 3.05) is 0 Å². The van der Waals surface area contributed by atoms with Gasteiger partial charge in [0, 0.05) is 17.8 Å². The molecular formula is C15H14N4O2S. The van der Waals surface area contributed by atoms with Crippen molar-refractivity contribution in [3.8, 4) is 5.69 Å². The zero-order valence-electron chi connectivity index (χ0n) is 11.6. The zero-order valence-corrected chi connectivity index (χ0v) is 12.5. The van der Waals surface area contributed by atoms with E-state index in [0.717, 1.165) is 17.1 Å². The van der Waals surface area contributed by atoms with Crippen LogP contribution in [0.15, 0.2) is 41.8 Å². The van der Waals surface area contributed by atoms with E-state index in [4.69, 9.17) is 10.8 Å². The Balaban J connectivity index is 1.99. The molecule has 0 saturated heterocycles. The largest absolute Gasteiger partial charge is 0.478 e. The average Bonchev–Trinajstić information content (AvgIpc) is 3.17. The van der Waals surface area contributed by atoms with Gasteiger partial charge in [0.25, 0.3) is 0 Å². The predicted octanol–water partition coefficient (Wildman–Crippen LogP) is 2.08. The van der Waals surface area contributed by atoms with Crippen LogP contribution in [0.1, 0.15) is 26.6 Å². The van der Waals surface area contributed by atoms with E-state index in [1.807, 2.05) is 11.4 Å². The van der Waals surface area contributed by atoms with Crippen molar-refractivity contribution >= 4 is 17.3 Å². The molecule has 0 bridgehead atoms. The van der Waals surface area contributed by atoms with Crippen molar-refractivity contribution in [1.29, 1.82) is 0 Å². The lowest BCUT2D eigenvalue weighted by Crippen LogP contribution is -2.07. The van der Waals surface area contributed by atoms with Crippen molar-refractivity contribution in [3.63, 3.8) is 0 Å². The predicted molar refractivity (Wildman–Crippen MR) is 83.3 cm³/mol. The van der Waals surface area contributed by atoms with E-state index in [9.17, 15) is 4.79 Å². The van der Waals surface area contributed by atoms with Gasteiger partial charge in [-0.05, 0) is 35.7 Å². The third-order valence-electron chi connectivity index (χ3n) is 3.32. The second-order valence-corrected chi connectivity index (χ2v) is 5.74. The van der Waals surface area contributed by atoms with Crippen molar-refractivity contribution in [3.05, 3.63) is 63.6 Å². The SMILES string of the molecule is NCc1nnn(-c2ccc(C(=O)O)cc2)c1Cc1cccs1. The molecule has 7 heteroatoms. The fourth-order valence-corrected chi connectivity index (χ4v) is 2.91. The Morgan fingerprint density at radius 3 is 2.64 bits per heavy atom. The van der Waals surface area contributed by atoms with Gasteiger partial charge in [-0.1, -0.05) is 11.3 Å². The second-order valence-electron chi connectivity index (χ2n) is 4.71. The maximum Gasteiger partial charge on any atom is 0.335 e. The Morgan fingerprint density at radius 2 is 2.05 bits per heavy atom. The number of thiophene rings is 1. The highest BCUT2D eigenvalue weighted by Gasteiger charge is 2.14. The number of hydrogen-bond donors (Lipinski definition) is 2. The van der Waals surface area contributed by atoms with E-state index in [-0.39, 0.29) is 5.56 Å². The summed E-state index contributed by atoms with van der Waals surface area (Å²) in [7, 11) is 0. The lowest BCUT2D eigenvalue weighted by atomic mass is 10.2. The number of aromatic nitrogens is 3.